The van der Waals surface area contributed by atoms with E-state index in [2.05, 4.69) is 25.0 Å². The second kappa shape index (κ2) is 8.22. The summed E-state index contributed by atoms with van der Waals surface area (Å²) in [6, 6.07) is 9.29. The number of hydrogen-bond donors (Lipinski definition) is 0. The first-order chi connectivity index (χ1) is 13.7. The van der Waals surface area contributed by atoms with Gasteiger partial charge < -0.3 is 19.1 Å². The number of aryl methyl sites for hydroxylation is 1. The number of benzene rings is 1. The van der Waals surface area contributed by atoms with Crippen molar-refractivity contribution >= 4 is 5.82 Å². The van der Waals surface area contributed by atoms with Gasteiger partial charge in [-0.05, 0) is 31.2 Å². The van der Waals surface area contributed by atoms with Gasteiger partial charge in [0.05, 0.1) is 26.4 Å². The lowest BCUT2D eigenvalue weighted by Crippen LogP contribution is -2.32. The van der Waals surface area contributed by atoms with Gasteiger partial charge in [0.15, 0.2) is 0 Å². The summed E-state index contributed by atoms with van der Waals surface area (Å²) in [5, 5.41) is 4.25. The highest BCUT2D eigenvalue weighted by Gasteiger charge is 2.22. The summed E-state index contributed by atoms with van der Waals surface area (Å²) in [6.07, 6.45) is 3.24. The zero-order chi connectivity index (χ0) is 19.3. The highest BCUT2D eigenvalue weighted by molar-refractivity contribution is 5.43. The number of ether oxygens (including phenoxy) is 3. The molecule has 0 saturated carbocycles. The van der Waals surface area contributed by atoms with Crippen molar-refractivity contribution < 1.29 is 14.2 Å². The number of hydrogen-bond acceptors (Lipinski definition) is 8. The molecule has 0 N–H and O–H groups in total. The fourth-order valence-corrected chi connectivity index (χ4v) is 3.07. The molecule has 28 heavy (non-hydrogen) atoms. The normalized spacial score (nSPS) is 17.2. The van der Waals surface area contributed by atoms with Gasteiger partial charge in [-0.1, -0.05) is 0 Å². The highest BCUT2D eigenvalue weighted by Crippen LogP contribution is 2.26. The number of aromatic nitrogens is 5. The lowest BCUT2D eigenvalue weighted by molar-refractivity contribution is 0.122. The van der Waals surface area contributed by atoms with Gasteiger partial charge in [0.25, 0.3) is 0 Å². The molecule has 0 bridgehead atoms. The monoisotopic (exact) mass is 382 g/mol. The molecule has 146 valence electrons. The summed E-state index contributed by atoms with van der Waals surface area (Å²) in [5.74, 6) is 3.39. The van der Waals surface area contributed by atoms with Crippen molar-refractivity contribution in [2.24, 2.45) is 0 Å². The lowest BCUT2D eigenvalue weighted by atomic mass is 10.3. The first-order valence-electron chi connectivity index (χ1n) is 9.05. The molecular formula is C19H22N6O3. The molecule has 0 aliphatic carbocycles. The van der Waals surface area contributed by atoms with E-state index < -0.39 is 0 Å². The van der Waals surface area contributed by atoms with Crippen LogP contribution in [0.15, 0.2) is 43.0 Å². The van der Waals surface area contributed by atoms with E-state index >= 15 is 0 Å². The Morgan fingerprint density at radius 1 is 1.14 bits per heavy atom. The summed E-state index contributed by atoms with van der Waals surface area (Å²) in [6.45, 7) is 4.49. The molecule has 2 aromatic heterocycles. The van der Waals surface area contributed by atoms with E-state index in [1.54, 1.807) is 13.4 Å². The van der Waals surface area contributed by atoms with Crippen LogP contribution in [0.25, 0.3) is 0 Å². The van der Waals surface area contributed by atoms with Crippen LogP contribution in [0.5, 0.6) is 17.4 Å². The van der Waals surface area contributed by atoms with Crippen LogP contribution < -0.4 is 14.4 Å². The molecule has 1 fully saturated rings. The molecule has 1 unspecified atom stereocenters. The summed E-state index contributed by atoms with van der Waals surface area (Å²) >= 11 is 0. The van der Waals surface area contributed by atoms with Crippen molar-refractivity contribution in [1.29, 1.82) is 0 Å². The van der Waals surface area contributed by atoms with Crippen LogP contribution in [-0.4, -0.2) is 58.1 Å². The van der Waals surface area contributed by atoms with Crippen molar-refractivity contribution in [2.75, 3.05) is 38.3 Å². The number of methoxy groups -OCH3 is 1. The van der Waals surface area contributed by atoms with Gasteiger partial charge in [0, 0.05) is 19.2 Å². The van der Waals surface area contributed by atoms with Gasteiger partial charge in [0.1, 0.15) is 35.8 Å². The molecule has 9 nitrogen and oxygen atoms in total. The molecule has 9 heteroatoms. The van der Waals surface area contributed by atoms with Gasteiger partial charge in [-0.15, -0.1) is 0 Å². The Morgan fingerprint density at radius 3 is 2.71 bits per heavy atom. The van der Waals surface area contributed by atoms with Gasteiger partial charge in [-0.3, -0.25) is 0 Å². The topological polar surface area (TPSA) is 87.4 Å². The van der Waals surface area contributed by atoms with E-state index in [9.17, 15) is 0 Å². The first kappa shape index (κ1) is 18.2. The maximum Gasteiger partial charge on any atom is 0.224 e. The predicted molar refractivity (Wildman–Crippen MR) is 102 cm³/mol. The Labute approximate surface area is 162 Å². The third-order valence-electron chi connectivity index (χ3n) is 4.46. The molecule has 1 aliphatic rings. The van der Waals surface area contributed by atoms with E-state index in [1.807, 2.05) is 41.9 Å². The summed E-state index contributed by atoms with van der Waals surface area (Å²) in [5.41, 5.74) is 0. The van der Waals surface area contributed by atoms with Crippen LogP contribution in [0.2, 0.25) is 0 Å². The van der Waals surface area contributed by atoms with E-state index in [4.69, 9.17) is 14.2 Å². The summed E-state index contributed by atoms with van der Waals surface area (Å²) in [7, 11) is 1.63. The molecule has 4 rings (SSSR count). The fourth-order valence-electron chi connectivity index (χ4n) is 3.07. The number of nitrogens with zero attached hydrogens (tertiary/aromatic N) is 6. The zero-order valence-corrected chi connectivity index (χ0v) is 15.9. The largest absolute Gasteiger partial charge is 0.497 e. The van der Waals surface area contributed by atoms with Crippen LogP contribution in [0, 0.1) is 6.92 Å². The van der Waals surface area contributed by atoms with Crippen molar-refractivity contribution in [1.82, 2.24) is 24.7 Å². The predicted octanol–water partition coefficient (Wildman–Crippen LogP) is 2.26. The molecule has 3 aromatic rings. The molecule has 3 heterocycles. The Balaban J connectivity index is 1.55. The SMILES string of the molecule is COc1ccc(Oc2cc(N3CCOCC(n4cncn4)C3)nc(C)n2)cc1. The molecule has 1 aliphatic heterocycles. The van der Waals surface area contributed by atoms with Crippen LogP contribution in [0.3, 0.4) is 0 Å². The maximum absolute atomic E-state index is 5.93. The van der Waals surface area contributed by atoms with Crippen molar-refractivity contribution in [3.63, 3.8) is 0 Å². The van der Waals surface area contributed by atoms with E-state index in [-0.39, 0.29) is 6.04 Å². The highest BCUT2D eigenvalue weighted by atomic mass is 16.5. The zero-order valence-electron chi connectivity index (χ0n) is 15.9. The minimum Gasteiger partial charge on any atom is -0.497 e. The van der Waals surface area contributed by atoms with Crippen LogP contribution >= 0.6 is 0 Å². The van der Waals surface area contributed by atoms with Crippen LogP contribution in [0.4, 0.5) is 5.82 Å². The van der Waals surface area contributed by atoms with E-state index in [0.29, 0.717) is 37.2 Å². The van der Waals surface area contributed by atoms with Gasteiger partial charge in [-0.2, -0.15) is 10.1 Å². The van der Waals surface area contributed by atoms with E-state index in [0.717, 1.165) is 18.1 Å². The van der Waals surface area contributed by atoms with Crippen molar-refractivity contribution in [2.45, 2.75) is 13.0 Å². The van der Waals surface area contributed by atoms with Crippen molar-refractivity contribution in [3.05, 3.63) is 48.8 Å². The average Bonchev–Trinajstić information content (AvgIpc) is 3.13. The average molecular weight is 382 g/mol. The quantitative estimate of drug-likeness (QED) is 0.664. The number of rotatable bonds is 5. The summed E-state index contributed by atoms with van der Waals surface area (Å²) < 4.78 is 18.7. The Kier molecular flexibility index (Phi) is 5.34. The second-order valence-electron chi connectivity index (χ2n) is 6.44. The maximum atomic E-state index is 5.93. The van der Waals surface area contributed by atoms with Crippen LogP contribution in [-0.2, 0) is 4.74 Å². The standard InChI is InChI=1S/C19H22N6O3/c1-14-22-18(9-19(23-14)28-17-5-3-16(26-2)4-6-17)24-7-8-27-11-15(10-24)25-13-20-12-21-25/h3-6,9,12-13,15H,7-8,10-11H2,1-2H3. The van der Waals surface area contributed by atoms with Gasteiger partial charge in [0.2, 0.25) is 5.88 Å². The van der Waals surface area contributed by atoms with E-state index in [1.165, 1.54) is 6.33 Å². The third-order valence-corrected chi connectivity index (χ3v) is 4.46. The molecule has 1 atom stereocenters. The molecule has 0 spiro atoms. The fraction of sp³-hybridized carbons (Fsp3) is 0.368. The Hall–Kier alpha value is -3.20. The third kappa shape index (κ3) is 4.20. The second-order valence-corrected chi connectivity index (χ2v) is 6.44. The molecular weight excluding hydrogens is 360 g/mol. The molecule has 0 radical (unpaired) electrons. The molecule has 1 aromatic carbocycles. The van der Waals surface area contributed by atoms with Gasteiger partial charge in [-0.25, -0.2) is 14.6 Å². The lowest BCUT2D eigenvalue weighted by Gasteiger charge is -2.25. The number of anilines is 1. The first-order valence-corrected chi connectivity index (χ1v) is 9.05. The molecule has 1 saturated heterocycles. The van der Waals surface area contributed by atoms with Gasteiger partial charge >= 0.3 is 0 Å². The summed E-state index contributed by atoms with van der Waals surface area (Å²) in [4.78, 5) is 15.2. The van der Waals surface area contributed by atoms with Crippen LogP contribution in [0.1, 0.15) is 11.9 Å². The Bertz CT molecular complexity index is 901. The Morgan fingerprint density at radius 2 is 1.96 bits per heavy atom. The molecule has 0 amide bonds. The minimum absolute atomic E-state index is 0.0613. The minimum atomic E-state index is 0.0613. The van der Waals surface area contributed by atoms with Crippen molar-refractivity contribution in [3.8, 4) is 17.4 Å². The smallest absolute Gasteiger partial charge is 0.224 e.